The van der Waals surface area contributed by atoms with Gasteiger partial charge in [-0.05, 0) is 17.5 Å². The maximum Gasteiger partial charge on any atom is 0.167 e. The minimum absolute atomic E-state index is 0.663. The van der Waals surface area contributed by atoms with E-state index in [1.807, 2.05) is 37.5 Å². The van der Waals surface area contributed by atoms with Crippen molar-refractivity contribution in [3.05, 3.63) is 41.0 Å². The number of benzene rings is 1. The fraction of sp³-hybridized carbons (Fsp3) is 0.294. The van der Waals surface area contributed by atoms with Crippen LogP contribution in [0, 0.1) is 34.0 Å². The summed E-state index contributed by atoms with van der Waals surface area (Å²) in [6.07, 6.45) is 3.95. The van der Waals surface area contributed by atoms with Crippen LogP contribution in [0.1, 0.15) is 29.9 Å². The molecule has 1 aromatic carbocycles. The molecule has 0 fully saturated rings. The van der Waals surface area contributed by atoms with Crippen molar-refractivity contribution in [1.29, 1.82) is 15.8 Å². The van der Waals surface area contributed by atoms with Crippen LogP contribution < -0.4 is 0 Å². The molecular formula is C17H15N4+. The quantitative estimate of drug-likeness (QED) is 0.615. The van der Waals surface area contributed by atoms with Gasteiger partial charge in [0.1, 0.15) is 19.7 Å². The smallest absolute Gasteiger partial charge is 0.167 e. The van der Waals surface area contributed by atoms with Crippen molar-refractivity contribution < 1.29 is 4.58 Å². The highest BCUT2D eigenvalue weighted by Gasteiger charge is 2.16. The fourth-order valence-electron chi connectivity index (χ4n) is 2.45. The lowest BCUT2D eigenvalue weighted by Gasteiger charge is -2.10. The molecule has 1 heterocycles. The van der Waals surface area contributed by atoms with Gasteiger partial charge >= 0.3 is 0 Å². The average Bonchev–Trinajstić information content (AvgIpc) is 2.51. The normalized spacial score (nSPS) is 16.4. The molecule has 0 unspecified atom stereocenters. The summed E-state index contributed by atoms with van der Waals surface area (Å²) in [5, 5.41) is 27.2. The standard InChI is InChI=1S/C17H15N4/c1-21-8-2-3-15(12-21)17(11-20)14-6-4-13(5-7-14)16(9-18)10-19/h4-7,12,16H,2-3,8H2,1H3/q+1/b17-15-. The van der Waals surface area contributed by atoms with Crippen LogP contribution in [0.4, 0.5) is 0 Å². The summed E-state index contributed by atoms with van der Waals surface area (Å²) in [4.78, 5) is 0. The summed E-state index contributed by atoms with van der Waals surface area (Å²) < 4.78 is 2.09. The molecule has 0 aromatic heterocycles. The second kappa shape index (κ2) is 6.51. The molecule has 4 heteroatoms. The number of nitriles is 3. The van der Waals surface area contributed by atoms with Gasteiger partial charge in [0, 0.05) is 12.0 Å². The molecule has 0 N–H and O–H groups in total. The van der Waals surface area contributed by atoms with Crippen LogP contribution in [0.5, 0.6) is 0 Å². The third-order valence-corrected chi connectivity index (χ3v) is 3.56. The first-order valence-corrected chi connectivity index (χ1v) is 6.77. The molecule has 0 radical (unpaired) electrons. The molecule has 0 saturated heterocycles. The van der Waals surface area contributed by atoms with Gasteiger partial charge in [-0.2, -0.15) is 15.8 Å². The molecule has 1 aliphatic heterocycles. The fourth-order valence-corrected chi connectivity index (χ4v) is 2.45. The summed E-state index contributed by atoms with van der Waals surface area (Å²) in [6, 6.07) is 13.3. The minimum atomic E-state index is -0.760. The van der Waals surface area contributed by atoms with Crippen LogP contribution in [0.2, 0.25) is 0 Å². The van der Waals surface area contributed by atoms with Gasteiger partial charge in [-0.1, -0.05) is 24.3 Å². The number of nitrogens with zero attached hydrogens (tertiary/aromatic N) is 4. The molecule has 4 nitrogen and oxygen atoms in total. The number of rotatable bonds is 2. The molecular weight excluding hydrogens is 260 g/mol. The Kier molecular flexibility index (Phi) is 4.50. The van der Waals surface area contributed by atoms with E-state index < -0.39 is 5.92 Å². The largest absolute Gasteiger partial charge is 0.238 e. The highest BCUT2D eigenvalue weighted by Crippen LogP contribution is 2.24. The van der Waals surface area contributed by atoms with E-state index in [2.05, 4.69) is 10.6 Å². The van der Waals surface area contributed by atoms with E-state index in [1.54, 1.807) is 12.1 Å². The van der Waals surface area contributed by atoms with Crippen molar-refractivity contribution in [1.82, 2.24) is 0 Å². The Morgan fingerprint density at radius 3 is 2.33 bits per heavy atom. The number of hydrogen-bond donors (Lipinski definition) is 0. The predicted octanol–water partition coefficient (Wildman–Crippen LogP) is 2.60. The highest BCUT2D eigenvalue weighted by molar-refractivity contribution is 5.94. The zero-order valence-electron chi connectivity index (χ0n) is 11.9. The van der Waals surface area contributed by atoms with E-state index in [4.69, 9.17) is 10.5 Å². The summed E-state index contributed by atoms with van der Waals surface area (Å²) in [5.74, 6) is -0.760. The van der Waals surface area contributed by atoms with Gasteiger partial charge in [0.15, 0.2) is 12.1 Å². The molecule has 0 aliphatic carbocycles. The van der Waals surface area contributed by atoms with Crippen molar-refractivity contribution in [2.24, 2.45) is 0 Å². The molecule has 0 spiro atoms. The van der Waals surface area contributed by atoms with Crippen LogP contribution in [0.15, 0.2) is 29.8 Å². The van der Waals surface area contributed by atoms with Crippen LogP contribution in [-0.4, -0.2) is 24.4 Å². The Labute approximate surface area is 124 Å². The SMILES string of the molecule is C[N+]1=C/C(=C(/C#N)c2ccc(C(C#N)C#N)cc2)CCC1. The van der Waals surface area contributed by atoms with E-state index in [9.17, 15) is 5.26 Å². The molecule has 102 valence electrons. The van der Waals surface area contributed by atoms with Gasteiger partial charge in [-0.15, -0.1) is 0 Å². The summed E-state index contributed by atoms with van der Waals surface area (Å²) in [6.45, 7) is 1.01. The predicted molar refractivity (Wildman–Crippen MR) is 79.3 cm³/mol. The maximum absolute atomic E-state index is 9.44. The number of hydrogen-bond acceptors (Lipinski definition) is 3. The van der Waals surface area contributed by atoms with Gasteiger partial charge < -0.3 is 0 Å². The number of allylic oxidation sites excluding steroid dienone is 2. The lowest BCUT2D eigenvalue weighted by atomic mass is 9.94. The second-order valence-corrected chi connectivity index (χ2v) is 5.04. The molecule has 0 amide bonds. The average molecular weight is 275 g/mol. The van der Waals surface area contributed by atoms with E-state index >= 15 is 0 Å². The molecule has 2 rings (SSSR count). The van der Waals surface area contributed by atoms with E-state index in [-0.39, 0.29) is 0 Å². The Hall–Kier alpha value is -2.90. The van der Waals surface area contributed by atoms with Crippen molar-refractivity contribution in [2.75, 3.05) is 13.6 Å². The van der Waals surface area contributed by atoms with Crippen LogP contribution >= 0.6 is 0 Å². The first-order chi connectivity index (χ1) is 10.2. The Morgan fingerprint density at radius 2 is 1.81 bits per heavy atom. The molecule has 1 aromatic rings. The van der Waals surface area contributed by atoms with Crippen LogP contribution in [0.25, 0.3) is 5.57 Å². The monoisotopic (exact) mass is 275 g/mol. The third kappa shape index (κ3) is 3.16. The van der Waals surface area contributed by atoms with Gasteiger partial charge in [0.25, 0.3) is 0 Å². The molecule has 21 heavy (non-hydrogen) atoms. The van der Waals surface area contributed by atoms with Crippen molar-refractivity contribution in [3.8, 4) is 18.2 Å². The molecule has 0 saturated carbocycles. The van der Waals surface area contributed by atoms with Crippen LogP contribution in [-0.2, 0) is 0 Å². The van der Waals surface area contributed by atoms with E-state index in [0.29, 0.717) is 11.1 Å². The van der Waals surface area contributed by atoms with Crippen molar-refractivity contribution in [2.45, 2.75) is 18.8 Å². The van der Waals surface area contributed by atoms with E-state index in [1.165, 1.54) is 0 Å². The lowest BCUT2D eigenvalue weighted by molar-refractivity contribution is -0.495. The zero-order valence-corrected chi connectivity index (χ0v) is 11.9. The summed E-state index contributed by atoms with van der Waals surface area (Å²) in [5.41, 5.74) is 3.20. The second-order valence-electron chi connectivity index (χ2n) is 5.04. The first-order valence-electron chi connectivity index (χ1n) is 6.77. The Morgan fingerprint density at radius 1 is 1.14 bits per heavy atom. The van der Waals surface area contributed by atoms with E-state index in [0.717, 1.165) is 30.5 Å². The minimum Gasteiger partial charge on any atom is -0.238 e. The topological polar surface area (TPSA) is 74.4 Å². The lowest BCUT2D eigenvalue weighted by Crippen LogP contribution is -2.16. The van der Waals surface area contributed by atoms with Gasteiger partial charge in [-0.3, -0.25) is 0 Å². The third-order valence-electron chi connectivity index (χ3n) is 3.56. The maximum atomic E-state index is 9.44. The molecule has 0 bridgehead atoms. The summed E-state index contributed by atoms with van der Waals surface area (Å²) in [7, 11) is 2.00. The zero-order chi connectivity index (χ0) is 15.2. The van der Waals surface area contributed by atoms with Gasteiger partial charge in [0.05, 0.1) is 17.7 Å². The Bertz CT molecular complexity index is 704. The Balaban J connectivity index is 2.40. The van der Waals surface area contributed by atoms with Crippen molar-refractivity contribution in [3.63, 3.8) is 0 Å². The van der Waals surface area contributed by atoms with Gasteiger partial charge in [-0.25, -0.2) is 4.58 Å². The summed E-state index contributed by atoms with van der Waals surface area (Å²) >= 11 is 0. The van der Waals surface area contributed by atoms with Crippen LogP contribution in [0.3, 0.4) is 0 Å². The molecule has 0 atom stereocenters. The van der Waals surface area contributed by atoms with Gasteiger partial charge in [0.2, 0.25) is 0 Å². The first kappa shape index (κ1) is 14.5. The van der Waals surface area contributed by atoms with Crippen molar-refractivity contribution >= 4 is 11.8 Å². The molecule has 1 aliphatic rings. The highest BCUT2D eigenvalue weighted by atomic mass is 15.0.